The third-order valence-electron chi connectivity index (χ3n) is 3.71. The zero-order valence-corrected chi connectivity index (χ0v) is 15.4. The van der Waals surface area contributed by atoms with Gasteiger partial charge in [-0.3, -0.25) is 19.7 Å². The number of hydrogen-bond donors (Lipinski definition) is 1. The lowest BCUT2D eigenvalue weighted by Gasteiger charge is -2.22. The van der Waals surface area contributed by atoms with Crippen molar-refractivity contribution in [1.29, 1.82) is 0 Å². The summed E-state index contributed by atoms with van der Waals surface area (Å²) in [5, 5.41) is 10.9. The van der Waals surface area contributed by atoms with Crippen molar-refractivity contribution < 1.29 is 28.8 Å². The maximum Gasteiger partial charge on any atom is 0.344 e. The number of carbonyl (C=O) groups is 3. The Bertz CT molecular complexity index is 886. The molecule has 2 rings (SSSR count). The monoisotopic (exact) mass is 401 g/mol. The third kappa shape index (κ3) is 6.61. The molecule has 2 aromatic carbocycles. The van der Waals surface area contributed by atoms with Crippen molar-refractivity contribution in [3.63, 3.8) is 0 Å². The molecule has 0 aliphatic carbocycles. The van der Waals surface area contributed by atoms with Gasteiger partial charge in [0.15, 0.2) is 19.0 Å². The van der Waals surface area contributed by atoms with Crippen LogP contribution >= 0.6 is 0 Å². The quantitative estimate of drug-likeness (QED) is 0.360. The molecule has 0 spiro atoms. The van der Waals surface area contributed by atoms with Crippen molar-refractivity contribution in [3.05, 3.63) is 64.7 Å². The number of hydrogen-bond acceptors (Lipinski definition) is 7. The Balaban J connectivity index is 1.92. The minimum Gasteiger partial charge on any atom is -0.475 e. The third-order valence-corrected chi connectivity index (χ3v) is 3.71. The molecule has 0 heterocycles. The first-order valence-corrected chi connectivity index (χ1v) is 8.54. The molecule has 152 valence electrons. The van der Waals surface area contributed by atoms with Gasteiger partial charge in [-0.2, -0.15) is 0 Å². The van der Waals surface area contributed by atoms with Gasteiger partial charge in [-0.25, -0.2) is 4.79 Å². The molecule has 0 fully saturated rings. The molecule has 0 saturated heterocycles. The van der Waals surface area contributed by atoms with Crippen molar-refractivity contribution in [3.8, 4) is 5.75 Å². The van der Waals surface area contributed by atoms with Crippen LogP contribution in [0.3, 0.4) is 0 Å². The molecule has 2 N–H and O–H groups in total. The predicted molar refractivity (Wildman–Crippen MR) is 102 cm³/mol. The molecule has 10 nitrogen and oxygen atoms in total. The lowest BCUT2D eigenvalue weighted by atomic mass is 10.2. The maximum absolute atomic E-state index is 12.4. The second kappa shape index (κ2) is 10.4. The summed E-state index contributed by atoms with van der Waals surface area (Å²) < 4.78 is 10.0. The Labute approximate surface area is 166 Å². The van der Waals surface area contributed by atoms with E-state index in [-0.39, 0.29) is 24.4 Å². The fourth-order valence-electron chi connectivity index (χ4n) is 2.36. The molecule has 2 aromatic rings. The van der Waals surface area contributed by atoms with Gasteiger partial charge in [0.1, 0.15) is 0 Å². The zero-order valence-electron chi connectivity index (χ0n) is 15.4. The first kappa shape index (κ1) is 21.4. The standard InChI is InChI=1S/C19H19N3O7/c20-17(23)10-11-21(14-6-2-1-3-7-14)18(24)12-29-19(25)13-28-16-9-5-4-8-15(16)22(26)27/h1-9H,10-13H2,(H2,20,23). The molecular weight excluding hydrogens is 382 g/mol. The van der Waals surface area contributed by atoms with Gasteiger partial charge in [-0.1, -0.05) is 30.3 Å². The number of rotatable bonds is 10. The van der Waals surface area contributed by atoms with Crippen LogP contribution in [0.1, 0.15) is 6.42 Å². The number of ether oxygens (including phenoxy) is 2. The van der Waals surface area contributed by atoms with Gasteiger partial charge in [-0.15, -0.1) is 0 Å². The Morgan fingerprint density at radius 3 is 2.31 bits per heavy atom. The normalized spacial score (nSPS) is 10.1. The minimum atomic E-state index is -0.876. The summed E-state index contributed by atoms with van der Waals surface area (Å²) in [4.78, 5) is 46.9. The molecule has 0 bridgehead atoms. The van der Waals surface area contributed by atoms with E-state index in [0.717, 1.165) is 0 Å². The average Bonchev–Trinajstić information content (AvgIpc) is 2.71. The number of amides is 2. The number of nitrogens with zero attached hydrogens (tertiary/aromatic N) is 2. The van der Waals surface area contributed by atoms with Crippen LogP contribution in [0.4, 0.5) is 11.4 Å². The van der Waals surface area contributed by atoms with Crippen LogP contribution in [0.5, 0.6) is 5.75 Å². The fourth-order valence-corrected chi connectivity index (χ4v) is 2.36. The highest BCUT2D eigenvalue weighted by molar-refractivity contribution is 5.95. The average molecular weight is 401 g/mol. The highest BCUT2D eigenvalue weighted by Crippen LogP contribution is 2.25. The van der Waals surface area contributed by atoms with Crippen LogP contribution in [0.15, 0.2) is 54.6 Å². The van der Waals surface area contributed by atoms with E-state index in [1.807, 2.05) is 0 Å². The van der Waals surface area contributed by atoms with Crippen molar-refractivity contribution in [2.45, 2.75) is 6.42 Å². The second-order valence-corrected chi connectivity index (χ2v) is 5.77. The first-order chi connectivity index (χ1) is 13.9. The topological polar surface area (TPSA) is 142 Å². The van der Waals surface area contributed by atoms with E-state index in [1.165, 1.54) is 29.2 Å². The molecular formula is C19H19N3O7. The molecule has 10 heteroatoms. The summed E-state index contributed by atoms with van der Waals surface area (Å²) in [5.74, 6) is -2.10. The van der Waals surface area contributed by atoms with E-state index in [4.69, 9.17) is 15.2 Å². The van der Waals surface area contributed by atoms with E-state index in [2.05, 4.69) is 0 Å². The van der Waals surface area contributed by atoms with Crippen LogP contribution < -0.4 is 15.4 Å². The van der Waals surface area contributed by atoms with E-state index < -0.39 is 35.9 Å². The van der Waals surface area contributed by atoms with Crippen LogP contribution in [0, 0.1) is 10.1 Å². The Morgan fingerprint density at radius 1 is 1.00 bits per heavy atom. The molecule has 0 aliphatic rings. The number of para-hydroxylation sites is 3. The van der Waals surface area contributed by atoms with Crippen LogP contribution in [-0.2, 0) is 19.1 Å². The first-order valence-electron chi connectivity index (χ1n) is 8.54. The lowest BCUT2D eigenvalue weighted by Crippen LogP contribution is -2.37. The molecule has 0 aromatic heterocycles. The molecule has 2 amide bonds. The van der Waals surface area contributed by atoms with Crippen LogP contribution in [0.2, 0.25) is 0 Å². The predicted octanol–water partition coefficient (Wildman–Crippen LogP) is 1.43. The van der Waals surface area contributed by atoms with Crippen LogP contribution in [0.25, 0.3) is 0 Å². The van der Waals surface area contributed by atoms with E-state index in [0.29, 0.717) is 5.69 Å². The number of anilines is 1. The van der Waals surface area contributed by atoms with Crippen molar-refractivity contribution in [2.75, 3.05) is 24.7 Å². The fraction of sp³-hybridized carbons (Fsp3) is 0.211. The summed E-state index contributed by atoms with van der Waals surface area (Å²) in [6.07, 6.45) is -0.0602. The Morgan fingerprint density at radius 2 is 1.66 bits per heavy atom. The summed E-state index contributed by atoms with van der Waals surface area (Å²) in [7, 11) is 0. The number of nitro groups is 1. The van der Waals surface area contributed by atoms with Gasteiger partial charge in [0.2, 0.25) is 5.91 Å². The van der Waals surface area contributed by atoms with Gasteiger partial charge in [0.05, 0.1) is 4.92 Å². The highest BCUT2D eigenvalue weighted by Gasteiger charge is 2.19. The minimum absolute atomic E-state index is 0.0302. The highest BCUT2D eigenvalue weighted by atomic mass is 16.6. The van der Waals surface area contributed by atoms with Crippen molar-refractivity contribution in [1.82, 2.24) is 0 Å². The number of carbonyl (C=O) groups excluding carboxylic acids is 3. The van der Waals surface area contributed by atoms with Crippen molar-refractivity contribution in [2.24, 2.45) is 5.73 Å². The summed E-state index contributed by atoms with van der Waals surface area (Å²) in [6.45, 7) is -1.17. The van der Waals surface area contributed by atoms with Crippen LogP contribution in [-0.4, -0.2) is 42.5 Å². The van der Waals surface area contributed by atoms with E-state index >= 15 is 0 Å². The van der Waals surface area contributed by atoms with Gasteiger partial charge in [0, 0.05) is 24.7 Å². The molecule has 0 unspecified atom stereocenters. The SMILES string of the molecule is NC(=O)CCN(C(=O)COC(=O)COc1ccccc1[N+](=O)[O-])c1ccccc1. The number of esters is 1. The second-order valence-electron chi connectivity index (χ2n) is 5.77. The number of nitro benzene ring substituents is 1. The van der Waals surface area contributed by atoms with Gasteiger partial charge >= 0.3 is 11.7 Å². The zero-order chi connectivity index (χ0) is 21.2. The maximum atomic E-state index is 12.4. The largest absolute Gasteiger partial charge is 0.475 e. The molecule has 29 heavy (non-hydrogen) atoms. The smallest absolute Gasteiger partial charge is 0.344 e. The summed E-state index contributed by atoms with van der Waals surface area (Å²) >= 11 is 0. The molecule has 0 atom stereocenters. The van der Waals surface area contributed by atoms with Crippen molar-refractivity contribution >= 4 is 29.2 Å². The van der Waals surface area contributed by atoms with Gasteiger partial charge < -0.3 is 20.1 Å². The number of benzene rings is 2. The lowest BCUT2D eigenvalue weighted by molar-refractivity contribution is -0.385. The molecule has 0 radical (unpaired) electrons. The Kier molecular flexibility index (Phi) is 7.66. The summed E-state index contributed by atoms with van der Waals surface area (Å²) in [5.41, 5.74) is 5.37. The van der Waals surface area contributed by atoms with E-state index in [1.54, 1.807) is 30.3 Å². The molecule has 0 saturated carbocycles. The van der Waals surface area contributed by atoms with Gasteiger partial charge in [0.25, 0.3) is 5.91 Å². The summed E-state index contributed by atoms with van der Waals surface area (Å²) in [6, 6.07) is 14.1. The van der Waals surface area contributed by atoms with E-state index in [9.17, 15) is 24.5 Å². The number of primary amides is 1. The van der Waals surface area contributed by atoms with Gasteiger partial charge in [-0.05, 0) is 18.2 Å². The molecule has 0 aliphatic heterocycles. The number of nitrogens with two attached hydrogens (primary N) is 1. The Hall–Kier alpha value is -3.95.